The average molecular weight is 314 g/mol. The highest BCUT2D eigenvalue weighted by Gasteiger charge is 2.29. The minimum atomic E-state index is -3.60. The normalized spacial score (nSPS) is 17.7. The number of carbonyl (C=O) groups excluding carboxylic acids is 1. The number of benzene rings is 1. The number of rotatable bonds is 3. The van der Waals surface area contributed by atoms with Gasteiger partial charge in [0.1, 0.15) is 5.82 Å². The number of sulfonamides is 1. The zero-order valence-electron chi connectivity index (χ0n) is 12.1. The SMILES string of the molecule is CC(=O)NC1CCN(S(=O)(=O)c2ccc(F)c(C)c2)CC1. The molecule has 0 bridgehead atoms. The van der Waals surface area contributed by atoms with E-state index in [4.69, 9.17) is 0 Å². The van der Waals surface area contributed by atoms with Crippen LogP contribution in [0.1, 0.15) is 25.3 Å². The Labute approximate surface area is 124 Å². The predicted octanol–water partition coefficient (Wildman–Crippen LogP) is 1.42. The first kappa shape index (κ1) is 15.9. The predicted molar refractivity (Wildman–Crippen MR) is 76.7 cm³/mol. The van der Waals surface area contributed by atoms with Gasteiger partial charge in [-0.1, -0.05) is 0 Å². The lowest BCUT2D eigenvalue weighted by molar-refractivity contribution is -0.119. The summed E-state index contributed by atoms with van der Waals surface area (Å²) in [4.78, 5) is 11.1. The third-order valence-electron chi connectivity index (χ3n) is 3.63. The van der Waals surface area contributed by atoms with Crippen LogP contribution in [0.25, 0.3) is 0 Å². The maximum atomic E-state index is 13.3. The molecule has 0 spiro atoms. The summed E-state index contributed by atoms with van der Waals surface area (Å²) in [7, 11) is -3.60. The summed E-state index contributed by atoms with van der Waals surface area (Å²) in [5.74, 6) is -0.524. The molecule has 0 saturated carbocycles. The fraction of sp³-hybridized carbons (Fsp3) is 0.500. The quantitative estimate of drug-likeness (QED) is 0.917. The van der Waals surface area contributed by atoms with E-state index in [1.54, 1.807) is 0 Å². The molecule has 1 saturated heterocycles. The van der Waals surface area contributed by atoms with Crippen molar-refractivity contribution < 1.29 is 17.6 Å². The van der Waals surface area contributed by atoms with E-state index in [0.717, 1.165) is 0 Å². The van der Waals surface area contributed by atoms with Gasteiger partial charge in [-0.15, -0.1) is 0 Å². The molecule has 1 N–H and O–H groups in total. The second kappa shape index (κ2) is 6.11. The van der Waals surface area contributed by atoms with Crippen LogP contribution in [0.4, 0.5) is 4.39 Å². The minimum Gasteiger partial charge on any atom is -0.354 e. The molecule has 1 aromatic rings. The van der Waals surface area contributed by atoms with E-state index in [0.29, 0.717) is 31.5 Å². The molecule has 0 aliphatic carbocycles. The van der Waals surface area contributed by atoms with Crippen molar-refractivity contribution in [3.63, 3.8) is 0 Å². The Bertz CT molecular complexity index is 638. The lowest BCUT2D eigenvalue weighted by Crippen LogP contribution is -2.46. The average Bonchev–Trinajstić information content (AvgIpc) is 2.41. The van der Waals surface area contributed by atoms with Crippen LogP contribution in [0, 0.1) is 12.7 Å². The molecule has 0 radical (unpaired) electrons. The molecule has 1 aromatic carbocycles. The van der Waals surface area contributed by atoms with Gasteiger partial charge in [0.25, 0.3) is 0 Å². The number of amides is 1. The number of carbonyl (C=O) groups is 1. The van der Waals surface area contributed by atoms with E-state index in [-0.39, 0.29) is 16.8 Å². The first-order chi connectivity index (χ1) is 9.80. The molecule has 1 aliphatic rings. The van der Waals surface area contributed by atoms with Gasteiger partial charge in [0.15, 0.2) is 0 Å². The number of aryl methyl sites for hydroxylation is 1. The van der Waals surface area contributed by atoms with E-state index in [2.05, 4.69) is 5.32 Å². The zero-order chi connectivity index (χ0) is 15.6. The molecule has 1 aliphatic heterocycles. The highest BCUT2D eigenvalue weighted by Crippen LogP contribution is 2.22. The van der Waals surface area contributed by atoms with Gasteiger partial charge in [-0.2, -0.15) is 4.31 Å². The van der Waals surface area contributed by atoms with Crippen LogP contribution in [0.5, 0.6) is 0 Å². The molecule has 1 amide bonds. The molecule has 116 valence electrons. The Balaban J connectivity index is 2.11. The summed E-state index contributed by atoms with van der Waals surface area (Å²) >= 11 is 0. The monoisotopic (exact) mass is 314 g/mol. The number of halogens is 1. The molecule has 2 rings (SSSR count). The van der Waals surface area contributed by atoms with Crippen LogP contribution in [0.3, 0.4) is 0 Å². The third kappa shape index (κ3) is 3.59. The summed E-state index contributed by atoms with van der Waals surface area (Å²) in [5, 5.41) is 2.80. The van der Waals surface area contributed by atoms with Gasteiger partial charge in [-0.05, 0) is 43.5 Å². The highest BCUT2D eigenvalue weighted by molar-refractivity contribution is 7.89. The van der Waals surface area contributed by atoms with E-state index in [1.165, 1.54) is 36.4 Å². The van der Waals surface area contributed by atoms with Crippen molar-refractivity contribution in [1.82, 2.24) is 9.62 Å². The number of hydrogen-bond donors (Lipinski definition) is 1. The van der Waals surface area contributed by atoms with Gasteiger partial charge in [-0.25, -0.2) is 12.8 Å². The molecule has 5 nitrogen and oxygen atoms in total. The molecule has 0 atom stereocenters. The maximum absolute atomic E-state index is 13.3. The third-order valence-corrected chi connectivity index (χ3v) is 5.52. The Morgan fingerprint density at radius 3 is 2.48 bits per heavy atom. The standard InChI is InChI=1S/C14H19FN2O3S/c1-10-9-13(3-4-14(10)15)21(19,20)17-7-5-12(6-8-17)16-11(2)18/h3-4,9,12H,5-8H2,1-2H3,(H,16,18). The summed E-state index contributed by atoms with van der Waals surface area (Å²) in [6, 6.07) is 3.83. The van der Waals surface area contributed by atoms with Crippen molar-refractivity contribution in [3.05, 3.63) is 29.6 Å². The summed E-state index contributed by atoms with van der Waals surface area (Å²) in [5.41, 5.74) is 0.309. The lowest BCUT2D eigenvalue weighted by atomic mass is 10.1. The zero-order valence-corrected chi connectivity index (χ0v) is 12.9. The molecule has 0 aromatic heterocycles. The van der Waals surface area contributed by atoms with Crippen molar-refractivity contribution in [2.75, 3.05) is 13.1 Å². The van der Waals surface area contributed by atoms with Crippen LogP contribution in [0.2, 0.25) is 0 Å². The fourth-order valence-corrected chi connectivity index (χ4v) is 4.01. The maximum Gasteiger partial charge on any atom is 0.243 e. The Kier molecular flexibility index (Phi) is 4.63. The molecule has 1 heterocycles. The van der Waals surface area contributed by atoms with Gasteiger partial charge in [0.05, 0.1) is 4.90 Å². The highest BCUT2D eigenvalue weighted by atomic mass is 32.2. The van der Waals surface area contributed by atoms with Gasteiger partial charge in [0, 0.05) is 26.1 Å². The van der Waals surface area contributed by atoms with Crippen molar-refractivity contribution in [3.8, 4) is 0 Å². The summed E-state index contributed by atoms with van der Waals surface area (Å²) < 4.78 is 39.6. The van der Waals surface area contributed by atoms with Crippen molar-refractivity contribution in [2.45, 2.75) is 37.6 Å². The van der Waals surface area contributed by atoms with Crippen LogP contribution >= 0.6 is 0 Å². The van der Waals surface area contributed by atoms with E-state index in [1.807, 2.05) is 0 Å². The first-order valence-corrected chi connectivity index (χ1v) is 8.28. The van der Waals surface area contributed by atoms with Gasteiger partial charge < -0.3 is 5.32 Å². The largest absolute Gasteiger partial charge is 0.354 e. The molecule has 1 fully saturated rings. The van der Waals surface area contributed by atoms with Crippen molar-refractivity contribution in [2.24, 2.45) is 0 Å². The molecule has 7 heteroatoms. The first-order valence-electron chi connectivity index (χ1n) is 6.84. The molecule has 0 unspecified atom stereocenters. The summed E-state index contributed by atoms with van der Waals surface area (Å²) in [6.07, 6.45) is 1.16. The number of piperidine rings is 1. The van der Waals surface area contributed by atoms with E-state index in [9.17, 15) is 17.6 Å². The summed E-state index contributed by atoms with van der Waals surface area (Å²) in [6.45, 7) is 3.69. The minimum absolute atomic E-state index is 0.0175. The Hall–Kier alpha value is -1.47. The molecule has 21 heavy (non-hydrogen) atoms. The van der Waals surface area contributed by atoms with Crippen LogP contribution < -0.4 is 5.32 Å². The van der Waals surface area contributed by atoms with Crippen molar-refractivity contribution >= 4 is 15.9 Å². The molecular formula is C14H19FN2O3S. The van der Waals surface area contributed by atoms with Crippen LogP contribution in [-0.2, 0) is 14.8 Å². The number of nitrogens with zero attached hydrogens (tertiary/aromatic N) is 1. The fourth-order valence-electron chi connectivity index (χ4n) is 2.45. The Morgan fingerprint density at radius 2 is 1.95 bits per heavy atom. The second-order valence-corrected chi connectivity index (χ2v) is 7.23. The Morgan fingerprint density at radius 1 is 1.33 bits per heavy atom. The van der Waals surface area contributed by atoms with Crippen LogP contribution in [0.15, 0.2) is 23.1 Å². The second-order valence-electron chi connectivity index (χ2n) is 5.29. The van der Waals surface area contributed by atoms with E-state index >= 15 is 0 Å². The smallest absolute Gasteiger partial charge is 0.243 e. The molecular weight excluding hydrogens is 295 g/mol. The van der Waals surface area contributed by atoms with Gasteiger partial charge in [0.2, 0.25) is 15.9 Å². The van der Waals surface area contributed by atoms with Crippen LogP contribution in [-0.4, -0.2) is 37.8 Å². The van der Waals surface area contributed by atoms with Gasteiger partial charge >= 0.3 is 0 Å². The topological polar surface area (TPSA) is 66.5 Å². The van der Waals surface area contributed by atoms with E-state index < -0.39 is 15.8 Å². The lowest BCUT2D eigenvalue weighted by Gasteiger charge is -2.31. The number of nitrogens with one attached hydrogen (secondary N) is 1. The van der Waals surface area contributed by atoms with Gasteiger partial charge in [-0.3, -0.25) is 4.79 Å². The number of hydrogen-bond acceptors (Lipinski definition) is 3. The van der Waals surface area contributed by atoms with Crippen molar-refractivity contribution in [1.29, 1.82) is 0 Å².